The van der Waals surface area contributed by atoms with Crippen LogP contribution in [0.3, 0.4) is 0 Å². The summed E-state index contributed by atoms with van der Waals surface area (Å²) in [6.45, 7) is 1.85. The first kappa shape index (κ1) is 15.8. The van der Waals surface area contributed by atoms with Crippen LogP contribution < -0.4 is 5.84 Å². The van der Waals surface area contributed by atoms with Gasteiger partial charge in [0.2, 0.25) is 5.16 Å². The number of nitrogen functional groups attached to an aromatic ring is 1. The fraction of sp³-hybridized carbons (Fsp3) is 0.200. The SMILES string of the molecule is Cc1occc1-c1nnc(SCC[S@@](=O)c2ccccc2)n1N. The van der Waals surface area contributed by atoms with Crippen LogP contribution in [0.25, 0.3) is 11.4 Å². The second-order valence-corrected chi connectivity index (χ2v) is 7.41. The summed E-state index contributed by atoms with van der Waals surface area (Å²) in [5, 5.41) is 8.79. The molecule has 3 aromatic rings. The van der Waals surface area contributed by atoms with Crippen LogP contribution in [-0.2, 0) is 10.8 Å². The molecule has 3 rings (SSSR count). The summed E-state index contributed by atoms with van der Waals surface area (Å²) in [4.78, 5) is 0.831. The molecule has 1 aromatic carbocycles. The molecule has 0 saturated carbocycles. The van der Waals surface area contributed by atoms with E-state index in [2.05, 4.69) is 10.2 Å². The van der Waals surface area contributed by atoms with Crippen molar-refractivity contribution < 1.29 is 8.63 Å². The molecule has 23 heavy (non-hydrogen) atoms. The van der Waals surface area contributed by atoms with Gasteiger partial charge in [-0.25, -0.2) is 4.68 Å². The summed E-state index contributed by atoms with van der Waals surface area (Å²) < 4.78 is 18.9. The number of furan rings is 1. The van der Waals surface area contributed by atoms with Gasteiger partial charge in [-0.2, -0.15) is 0 Å². The Bertz CT molecular complexity index is 814. The smallest absolute Gasteiger partial charge is 0.210 e. The third kappa shape index (κ3) is 3.48. The van der Waals surface area contributed by atoms with Crippen molar-refractivity contribution in [3.63, 3.8) is 0 Å². The Morgan fingerprint density at radius 2 is 2.04 bits per heavy atom. The maximum absolute atomic E-state index is 12.2. The molecule has 8 heteroatoms. The van der Waals surface area contributed by atoms with E-state index in [-0.39, 0.29) is 0 Å². The second kappa shape index (κ2) is 7.01. The average molecular weight is 348 g/mol. The first-order valence-electron chi connectivity index (χ1n) is 6.98. The lowest BCUT2D eigenvalue weighted by Crippen LogP contribution is -2.12. The van der Waals surface area contributed by atoms with E-state index in [1.54, 1.807) is 6.26 Å². The van der Waals surface area contributed by atoms with Gasteiger partial charge in [-0.05, 0) is 25.1 Å². The van der Waals surface area contributed by atoms with Crippen molar-refractivity contribution >= 4 is 22.6 Å². The quantitative estimate of drug-likeness (QED) is 0.544. The predicted octanol–water partition coefficient (Wildman–Crippen LogP) is 2.46. The Labute approximate surface area is 140 Å². The third-order valence-electron chi connectivity index (χ3n) is 3.27. The van der Waals surface area contributed by atoms with Crippen molar-refractivity contribution in [3.05, 3.63) is 48.4 Å². The number of aromatic nitrogens is 3. The van der Waals surface area contributed by atoms with Gasteiger partial charge in [0.25, 0.3) is 0 Å². The monoisotopic (exact) mass is 348 g/mol. The Balaban J connectivity index is 1.63. The first-order chi connectivity index (χ1) is 11.2. The first-order valence-corrected chi connectivity index (χ1v) is 9.28. The van der Waals surface area contributed by atoms with Gasteiger partial charge in [0, 0.05) is 16.4 Å². The molecule has 0 aliphatic rings. The lowest BCUT2D eigenvalue weighted by atomic mass is 10.2. The van der Waals surface area contributed by atoms with E-state index in [0.29, 0.717) is 22.5 Å². The maximum Gasteiger partial charge on any atom is 0.210 e. The van der Waals surface area contributed by atoms with E-state index in [9.17, 15) is 4.21 Å². The van der Waals surface area contributed by atoms with Crippen LogP contribution in [0.15, 0.2) is 57.1 Å². The van der Waals surface area contributed by atoms with Crippen molar-refractivity contribution in [3.8, 4) is 11.4 Å². The topological polar surface area (TPSA) is 86.9 Å². The highest BCUT2D eigenvalue weighted by atomic mass is 32.2. The number of aryl methyl sites for hydroxylation is 1. The Hall–Kier alpha value is -2.06. The lowest BCUT2D eigenvalue weighted by molar-refractivity contribution is 0.535. The highest BCUT2D eigenvalue weighted by Crippen LogP contribution is 2.25. The number of hydrogen-bond donors (Lipinski definition) is 1. The molecular formula is C15H16N4O2S2. The summed E-state index contributed by atoms with van der Waals surface area (Å²) in [6.07, 6.45) is 1.59. The predicted molar refractivity (Wildman–Crippen MR) is 91.1 cm³/mol. The fourth-order valence-electron chi connectivity index (χ4n) is 2.07. The molecule has 0 unspecified atom stereocenters. The molecule has 0 radical (unpaired) electrons. The number of hydrogen-bond acceptors (Lipinski definition) is 6. The number of nitrogens with zero attached hydrogens (tertiary/aromatic N) is 3. The molecule has 6 nitrogen and oxygen atoms in total. The average Bonchev–Trinajstić information content (AvgIpc) is 3.14. The van der Waals surface area contributed by atoms with Gasteiger partial charge in [-0.15, -0.1) is 10.2 Å². The standard InChI is InChI=1S/C15H16N4O2S2/c1-11-13(7-8-21-11)14-17-18-15(19(14)16)22-9-10-23(20)12-5-3-2-4-6-12/h2-8H,9-10,16H2,1H3/t23-/m1/s1. The summed E-state index contributed by atoms with van der Waals surface area (Å²) in [7, 11) is -1.02. The van der Waals surface area contributed by atoms with Crippen LogP contribution in [0.4, 0.5) is 0 Å². The van der Waals surface area contributed by atoms with Gasteiger partial charge in [-0.3, -0.25) is 4.21 Å². The van der Waals surface area contributed by atoms with Crippen molar-refractivity contribution in [2.24, 2.45) is 0 Å². The minimum Gasteiger partial charge on any atom is -0.469 e. The van der Waals surface area contributed by atoms with Crippen LogP contribution in [0, 0.1) is 6.92 Å². The molecule has 0 aliphatic heterocycles. The highest BCUT2D eigenvalue weighted by molar-refractivity contribution is 8.00. The molecule has 0 spiro atoms. The van der Waals surface area contributed by atoms with Gasteiger partial charge in [-0.1, -0.05) is 30.0 Å². The second-order valence-electron chi connectivity index (χ2n) is 4.78. The van der Waals surface area contributed by atoms with Gasteiger partial charge < -0.3 is 10.3 Å². The largest absolute Gasteiger partial charge is 0.469 e. The number of thioether (sulfide) groups is 1. The van der Waals surface area contributed by atoms with E-state index < -0.39 is 10.8 Å². The van der Waals surface area contributed by atoms with Crippen LogP contribution in [-0.4, -0.2) is 30.6 Å². The maximum atomic E-state index is 12.2. The molecule has 0 aliphatic carbocycles. The Morgan fingerprint density at radius 1 is 1.26 bits per heavy atom. The minimum absolute atomic E-state index is 0.529. The molecule has 0 saturated heterocycles. The summed E-state index contributed by atoms with van der Waals surface area (Å²) in [5.41, 5.74) is 0.819. The molecule has 120 valence electrons. The zero-order valence-electron chi connectivity index (χ0n) is 12.5. The fourth-order valence-corrected chi connectivity index (χ4v) is 4.22. The van der Waals surface area contributed by atoms with Crippen molar-refractivity contribution in [1.82, 2.24) is 14.9 Å². The van der Waals surface area contributed by atoms with E-state index in [1.165, 1.54) is 16.4 Å². The number of benzene rings is 1. The van der Waals surface area contributed by atoms with Crippen LogP contribution in [0.2, 0.25) is 0 Å². The normalized spacial score (nSPS) is 12.4. The highest BCUT2D eigenvalue weighted by Gasteiger charge is 2.15. The van der Waals surface area contributed by atoms with Crippen LogP contribution in [0.1, 0.15) is 5.76 Å². The lowest BCUT2D eigenvalue weighted by Gasteiger charge is -2.03. The van der Waals surface area contributed by atoms with E-state index in [0.717, 1.165) is 16.2 Å². The zero-order chi connectivity index (χ0) is 16.2. The number of nitrogens with two attached hydrogens (primary N) is 1. The summed E-state index contributed by atoms with van der Waals surface area (Å²) in [6, 6.07) is 11.2. The molecule has 0 bridgehead atoms. The van der Waals surface area contributed by atoms with Gasteiger partial charge in [0.1, 0.15) is 5.76 Å². The molecule has 0 amide bonds. The van der Waals surface area contributed by atoms with Crippen molar-refractivity contribution in [1.29, 1.82) is 0 Å². The van der Waals surface area contributed by atoms with Crippen molar-refractivity contribution in [2.75, 3.05) is 17.3 Å². The summed E-state index contributed by atoms with van der Waals surface area (Å²) in [5.74, 6) is 8.51. The number of rotatable bonds is 6. The Kier molecular flexibility index (Phi) is 4.82. The van der Waals surface area contributed by atoms with Crippen molar-refractivity contribution in [2.45, 2.75) is 17.0 Å². The van der Waals surface area contributed by atoms with Gasteiger partial charge in [0.05, 0.1) is 22.6 Å². The molecular weight excluding hydrogens is 332 g/mol. The molecule has 0 fully saturated rings. The zero-order valence-corrected chi connectivity index (χ0v) is 14.1. The molecule has 1 atom stereocenters. The van der Waals surface area contributed by atoms with Gasteiger partial charge >= 0.3 is 0 Å². The van der Waals surface area contributed by atoms with Gasteiger partial charge in [0.15, 0.2) is 5.82 Å². The van der Waals surface area contributed by atoms with E-state index in [1.807, 2.05) is 43.3 Å². The molecule has 2 aromatic heterocycles. The molecule has 2 heterocycles. The van der Waals surface area contributed by atoms with E-state index in [4.69, 9.17) is 10.3 Å². The third-order valence-corrected chi connectivity index (χ3v) is 5.85. The minimum atomic E-state index is -1.02. The van der Waals surface area contributed by atoms with E-state index >= 15 is 0 Å². The van der Waals surface area contributed by atoms with Crippen LogP contribution >= 0.6 is 11.8 Å². The van der Waals surface area contributed by atoms with Crippen LogP contribution in [0.5, 0.6) is 0 Å². The summed E-state index contributed by atoms with van der Waals surface area (Å²) >= 11 is 1.43. The Morgan fingerprint density at radius 3 is 2.74 bits per heavy atom. The molecule has 2 N–H and O–H groups in total.